The van der Waals surface area contributed by atoms with Gasteiger partial charge in [-0.1, -0.05) is 23.8 Å². The summed E-state index contributed by atoms with van der Waals surface area (Å²) >= 11 is 0. The van der Waals surface area contributed by atoms with Crippen LogP contribution in [-0.4, -0.2) is 17.8 Å². The number of rotatable bonds is 4. The Balaban J connectivity index is 2.11. The molecular formula is C15H22O2. The second kappa shape index (κ2) is 4.79. The topological polar surface area (TPSA) is 29.5 Å². The average molecular weight is 234 g/mol. The van der Waals surface area contributed by atoms with E-state index in [4.69, 9.17) is 4.74 Å². The molecular weight excluding hydrogens is 212 g/mol. The summed E-state index contributed by atoms with van der Waals surface area (Å²) in [5, 5.41) is 10.3. The molecule has 1 N–H and O–H groups in total. The summed E-state index contributed by atoms with van der Waals surface area (Å²) in [5.74, 6) is 0. The lowest BCUT2D eigenvalue weighted by atomic mass is 9.75. The number of ether oxygens (including phenoxy) is 1. The summed E-state index contributed by atoms with van der Waals surface area (Å²) in [7, 11) is 1.76. The Labute approximate surface area is 104 Å². The zero-order chi connectivity index (χ0) is 12.5. The van der Waals surface area contributed by atoms with Crippen molar-refractivity contribution in [3.05, 3.63) is 34.9 Å². The fourth-order valence-corrected chi connectivity index (χ4v) is 2.72. The summed E-state index contributed by atoms with van der Waals surface area (Å²) in [5.41, 5.74) is 3.38. The summed E-state index contributed by atoms with van der Waals surface area (Å²) < 4.78 is 5.57. The van der Waals surface area contributed by atoms with Gasteiger partial charge in [0.25, 0.3) is 0 Å². The molecule has 1 aromatic carbocycles. The standard InChI is InChI=1S/C15H22O2/c1-11-5-6-13(12(2)9-11)14(16)10-15(17-3)7-4-8-15/h5-6,9,14,16H,4,7-8,10H2,1-3H3. The summed E-state index contributed by atoms with van der Waals surface area (Å²) in [6.45, 7) is 4.14. The van der Waals surface area contributed by atoms with Crippen LogP contribution in [0.2, 0.25) is 0 Å². The van der Waals surface area contributed by atoms with Crippen LogP contribution in [0.1, 0.15) is 48.5 Å². The van der Waals surface area contributed by atoms with E-state index in [1.807, 2.05) is 6.07 Å². The van der Waals surface area contributed by atoms with E-state index in [1.165, 1.54) is 17.5 Å². The molecule has 0 aromatic heterocycles. The first-order valence-electron chi connectivity index (χ1n) is 6.37. The number of aliphatic hydroxyl groups is 1. The molecule has 17 heavy (non-hydrogen) atoms. The second-order valence-corrected chi connectivity index (χ2v) is 5.32. The van der Waals surface area contributed by atoms with Crippen molar-refractivity contribution in [1.82, 2.24) is 0 Å². The highest BCUT2D eigenvalue weighted by Crippen LogP contribution is 2.42. The van der Waals surface area contributed by atoms with Crippen LogP contribution in [0.15, 0.2) is 18.2 Å². The first kappa shape index (κ1) is 12.6. The third kappa shape index (κ3) is 2.53. The van der Waals surface area contributed by atoms with E-state index in [-0.39, 0.29) is 5.60 Å². The fourth-order valence-electron chi connectivity index (χ4n) is 2.72. The lowest BCUT2D eigenvalue weighted by Crippen LogP contribution is -2.40. The Morgan fingerprint density at radius 1 is 1.35 bits per heavy atom. The van der Waals surface area contributed by atoms with Crippen molar-refractivity contribution in [1.29, 1.82) is 0 Å². The number of hydrogen-bond acceptors (Lipinski definition) is 2. The third-order valence-electron chi connectivity index (χ3n) is 4.05. The van der Waals surface area contributed by atoms with Crippen LogP contribution >= 0.6 is 0 Å². The van der Waals surface area contributed by atoms with Crippen LogP contribution < -0.4 is 0 Å². The maximum Gasteiger partial charge on any atom is 0.0820 e. The van der Waals surface area contributed by atoms with Gasteiger partial charge in [0.05, 0.1) is 11.7 Å². The van der Waals surface area contributed by atoms with E-state index in [0.717, 1.165) is 18.4 Å². The van der Waals surface area contributed by atoms with E-state index in [2.05, 4.69) is 26.0 Å². The second-order valence-electron chi connectivity index (χ2n) is 5.32. The molecule has 94 valence electrons. The molecule has 2 heteroatoms. The molecule has 1 fully saturated rings. The number of methoxy groups -OCH3 is 1. The van der Waals surface area contributed by atoms with Crippen LogP contribution in [-0.2, 0) is 4.74 Å². The van der Waals surface area contributed by atoms with Gasteiger partial charge in [-0.05, 0) is 44.2 Å². The molecule has 1 saturated carbocycles. The van der Waals surface area contributed by atoms with Crippen molar-refractivity contribution in [3.63, 3.8) is 0 Å². The van der Waals surface area contributed by atoms with Gasteiger partial charge in [-0.25, -0.2) is 0 Å². The molecule has 1 aliphatic carbocycles. The van der Waals surface area contributed by atoms with Crippen LogP contribution in [0.5, 0.6) is 0 Å². The molecule has 1 unspecified atom stereocenters. The highest BCUT2D eigenvalue weighted by Gasteiger charge is 2.39. The molecule has 0 saturated heterocycles. The van der Waals surface area contributed by atoms with Gasteiger partial charge in [0.1, 0.15) is 0 Å². The van der Waals surface area contributed by atoms with Crippen LogP contribution in [0, 0.1) is 13.8 Å². The van der Waals surface area contributed by atoms with Gasteiger partial charge in [-0.3, -0.25) is 0 Å². The molecule has 2 rings (SSSR count). The number of hydrogen-bond donors (Lipinski definition) is 1. The lowest BCUT2D eigenvalue weighted by Gasteiger charge is -2.42. The average Bonchev–Trinajstić information content (AvgIpc) is 2.23. The Bertz CT molecular complexity index is 388. The molecule has 0 bridgehead atoms. The molecule has 1 aliphatic rings. The quantitative estimate of drug-likeness (QED) is 0.866. The molecule has 2 nitrogen and oxygen atoms in total. The molecule has 0 radical (unpaired) electrons. The maximum atomic E-state index is 10.3. The first-order valence-corrected chi connectivity index (χ1v) is 6.37. The monoisotopic (exact) mass is 234 g/mol. The predicted octanol–water partition coefficient (Wildman–Crippen LogP) is 3.30. The molecule has 1 atom stereocenters. The Hall–Kier alpha value is -0.860. The zero-order valence-electron chi connectivity index (χ0n) is 11.0. The Morgan fingerprint density at radius 3 is 2.53 bits per heavy atom. The van der Waals surface area contributed by atoms with Gasteiger partial charge >= 0.3 is 0 Å². The summed E-state index contributed by atoms with van der Waals surface area (Å²) in [6, 6.07) is 6.22. The molecule has 0 spiro atoms. The summed E-state index contributed by atoms with van der Waals surface area (Å²) in [4.78, 5) is 0. The van der Waals surface area contributed by atoms with E-state index < -0.39 is 6.10 Å². The van der Waals surface area contributed by atoms with E-state index in [9.17, 15) is 5.11 Å². The van der Waals surface area contributed by atoms with Crippen molar-refractivity contribution in [2.75, 3.05) is 7.11 Å². The van der Waals surface area contributed by atoms with Gasteiger partial charge in [0, 0.05) is 13.5 Å². The Kier molecular flexibility index (Phi) is 3.55. The van der Waals surface area contributed by atoms with Gasteiger partial charge in [0.15, 0.2) is 0 Å². The van der Waals surface area contributed by atoms with Gasteiger partial charge in [-0.15, -0.1) is 0 Å². The normalized spacial score (nSPS) is 19.8. The van der Waals surface area contributed by atoms with Crippen molar-refractivity contribution in [2.45, 2.75) is 51.2 Å². The minimum absolute atomic E-state index is 0.0727. The summed E-state index contributed by atoms with van der Waals surface area (Å²) in [6.07, 6.45) is 3.67. The van der Waals surface area contributed by atoms with Crippen LogP contribution in [0.25, 0.3) is 0 Å². The zero-order valence-corrected chi connectivity index (χ0v) is 11.0. The van der Waals surface area contributed by atoms with Crippen LogP contribution in [0.4, 0.5) is 0 Å². The maximum absolute atomic E-state index is 10.3. The van der Waals surface area contributed by atoms with Crippen molar-refractivity contribution < 1.29 is 9.84 Å². The highest BCUT2D eigenvalue weighted by atomic mass is 16.5. The number of aliphatic hydroxyl groups excluding tert-OH is 1. The largest absolute Gasteiger partial charge is 0.388 e. The molecule has 0 amide bonds. The smallest absolute Gasteiger partial charge is 0.0820 e. The third-order valence-corrected chi connectivity index (χ3v) is 4.05. The van der Waals surface area contributed by atoms with E-state index in [1.54, 1.807) is 7.11 Å². The minimum atomic E-state index is -0.407. The first-order chi connectivity index (χ1) is 8.06. The SMILES string of the molecule is COC1(CC(O)c2ccc(C)cc2C)CCC1. The molecule has 1 aromatic rings. The van der Waals surface area contributed by atoms with E-state index in [0.29, 0.717) is 6.42 Å². The van der Waals surface area contributed by atoms with E-state index >= 15 is 0 Å². The van der Waals surface area contributed by atoms with Crippen LogP contribution in [0.3, 0.4) is 0 Å². The number of benzene rings is 1. The van der Waals surface area contributed by atoms with Crippen molar-refractivity contribution in [3.8, 4) is 0 Å². The van der Waals surface area contributed by atoms with Crippen molar-refractivity contribution >= 4 is 0 Å². The van der Waals surface area contributed by atoms with Crippen molar-refractivity contribution in [2.24, 2.45) is 0 Å². The molecule has 0 aliphatic heterocycles. The van der Waals surface area contributed by atoms with Gasteiger partial charge in [0.2, 0.25) is 0 Å². The predicted molar refractivity (Wildman–Crippen MR) is 69.1 cm³/mol. The lowest BCUT2D eigenvalue weighted by molar-refractivity contribution is -0.0999. The van der Waals surface area contributed by atoms with Gasteiger partial charge < -0.3 is 9.84 Å². The fraction of sp³-hybridized carbons (Fsp3) is 0.600. The molecule has 0 heterocycles. The van der Waals surface area contributed by atoms with Gasteiger partial charge in [-0.2, -0.15) is 0 Å². The minimum Gasteiger partial charge on any atom is -0.388 e. The number of aryl methyl sites for hydroxylation is 2. The Morgan fingerprint density at radius 2 is 2.06 bits per heavy atom. The highest BCUT2D eigenvalue weighted by molar-refractivity contribution is 5.32.